The SMILES string of the molecule is CC1(C)OB(c2cnn(C(C3CC3)C3CC3)c2)OC1(C)C. The van der Waals surface area contributed by atoms with Gasteiger partial charge in [-0.05, 0) is 65.2 Å². The van der Waals surface area contributed by atoms with Gasteiger partial charge >= 0.3 is 7.12 Å². The molecular formula is C16H25BN2O2. The standard InChI is InChI=1S/C16H25BN2O2/c1-15(2)16(3,4)21-17(20-15)13-9-18-19(10-13)14(11-5-6-11)12-7-8-12/h9-12,14H,5-8H2,1-4H3. The molecule has 114 valence electrons. The highest BCUT2D eigenvalue weighted by Crippen LogP contribution is 2.51. The first kappa shape index (κ1) is 13.8. The molecule has 4 rings (SSSR count). The van der Waals surface area contributed by atoms with Gasteiger partial charge in [0, 0.05) is 17.9 Å². The van der Waals surface area contributed by atoms with E-state index in [9.17, 15) is 0 Å². The summed E-state index contributed by atoms with van der Waals surface area (Å²) in [5.41, 5.74) is 0.484. The van der Waals surface area contributed by atoms with E-state index in [4.69, 9.17) is 9.31 Å². The van der Waals surface area contributed by atoms with Crippen LogP contribution in [0, 0.1) is 11.8 Å². The lowest BCUT2D eigenvalue weighted by atomic mass is 9.82. The van der Waals surface area contributed by atoms with Gasteiger partial charge in [-0.2, -0.15) is 5.10 Å². The first-order chi connectivity index (χ1) is 9.87. The molecule has 0 atom stereocenters. The molecule has 2 aliphatic carbocycles. The van der Waals surface area contributed by atoms with Crippen LogP contribution in [0.1, 0.15) is 59.4 Å². The highest BCUT2D eigenvalue weighted by Gasteiger charge is 2.52. The Hall–Kier alpha value is -0.805. The van der Waals surface area contributed by atoms with Crippen LogP contribution in [0.15, 0.2) is 12.4 Å². The topological polar surface area (TPSA) is 36.3 Å². The largest absolute Gasteiger partial charge is 0.498 e. The summed E-state index contributed by atoms with van der Waals surface area (Å²) in [7, 11) is -0.289. The van der Waals surface area contributed by atoms with Crippen molar-refractivity contribution in [3.63, 3.8) is 0 Å². The van der Waals surface area contributed by atoms with Crippen molar-refractivity contribution in [3.05, 3.63) is 12.4 Å². The van der Waals surface area contributed by atoms with Gasteiger partial charge in [-0.25, -0.2) is 0 Å². The molecule has 1 aromatic rings. The molecule has 2 saturated carbocycles. The first-order valence-corrected chi connectivity index (χ1v) is 8.27. The van der Waals surface area contributed by atoms with Gasteiger partial charge < -0.3 is 9.31 Å². The third-order valence-corrected chi connectivity index (χ3v) is 5.66. The Morgan fingerprint density at radius 3 is 2.10 bits per heavy atom. The third-order valence-electron chi connectivity index (χ3n) is 5.66. The summed E-state index contributed by atoms with van der Waals surface area (Å²) in [5.74, 6) is 1.70. The van der Waals surface area contributed by atoms with Gasteiger partial charge in [-0.3, -0.25) is 4.68 Å². The van der Waals surface area contributed by atoms with E-state index in [-0.39, 0.29) is 18.3 Å². The minimum Gasteiger partial charge on any atom is -0.399 e. The average Bonchev–Trinajstić information content (AvgIpc) is 3.28. The van der Waals surface area contributed by atoms with E-state index >= 15 is 0 Å². The maximum atomic E-state index is 6.12. The Kier molecular flexibility index (Phi) is 2.87. The molecule has 1 saturated heterocycles. The number of aromatic nitrogens is 2. The molecule has 3 fully saturated rings. The predicted octanol–water partition coefficient (Wildman–Crippen LogP) is 2.54. The fourth-order valence-electron chi connectivity index (χ4n) is 3.31. The maximum absolute atomic E-state index is 6.12. The Labute approximate surface area is 127 Å². The molecular weight excluding hydrogens is 263 g/mol. The van der Waals surface area contributed by atoms with E-state index in [2.05, 4.69) is 43.7 Å². The van der Waals surface area contributed by atoms with Gasteiger partial charge in [-0.15, -0.1) is 0 Å². The molecule has 0 amide bonds. The lowest BCUT2D eigenvalue weighted by molar-refractivity contribution is 0.00578. The van der Waals surface area contributed by atoms with Crippen molar-refractivity contribution in [2.75, 3.05) is 0 Å². The molecule has 4 nitrogen and oxygen atoms in total. The number of rotatable bonds is 4. The van der Waals surface area contributed by atoms with Gasteiger partial charge in [0.2, 0.25) is 0 Å². The van der Waals surface area contributed by atoms with Crippen LogP contribution >= 0.6 is 0 Å². The molecule has 0 aromatic carbocycles. The monoisotopic (exact) mass is 288 g/mol. The predicted molar refractivity (Wildman–Crippen MR) is 82.4 cm³/mol. The van der Waals surface area contributed by atoms with Crippen LogP contribution in [-0.2, 0) is 9.31 Å². The van der Waals surface area contributed by atoms with E-state index in [1.54, 1.807) is 0 Å². The fourth-order valence-corrected chi connectivity index (χ4v) is 3.31. The number of hydrogen-bond acceptors (Lipinski definition) is 3. The minimum absolute atomic E-state index is 0.286. The smallest absolute Gasteiger partial charge is 0.399 e. The van der Waals surface area contributed by atoms with E-state index in [0.717, 1.165) is 17.3 Å². The zero-order valence-electron chi connectivity index (χ0n) is 13.5. The Bertz CT molecular complexity index is 518. The van der Waals surface area contributed by atoms with E-state index in [1.807, 2.05) is 6.20 Å². The van der Waals surface area contributed by atoms with Crippen molar-refractivity contribution >= 4 is 12.6 Å². The molecule has 0 bridgehead atoms. The lowest BCUT2D eigenvalue weighted by Gasteiger charge is -2.32. The summed E-state index contributed by atoms with van der Waals surface area (Å²) in [6.45, 7) is 8.37. The Balaban J connectivity index is 1.55. The van der Waals surface area contributed by atoms with Gasteiger partial charge in [0.1, 0.15) is 0 Å². The molecule has 3 aliphatic rings. The van der Waals surface area contributed by atoms with Crippen molar-refractivity contribution in [1.82, 2.24) is 9.78 Å². The molecule has 2 heterocycles. The second-order valence-corrected chi connectivity index (χ2v) is 8.01. The third kappa shape index (κ3) is 2.35. The molecule has 0 spiro atoms. The first-order valence-electron chi connectivity index (χ1n) is 8.27. The second-order valence-electron chi connectivity index (χ2n) is 8.01. The molecule has 5 heteroatoms. The van der Waals surface area contributed by atoms with Crippen molar-refractivity contribution in [3.8, 4) is 0 Å². The molecule has 0 unspecified atom stereocenters. The molecule has 0 radical (unpaired) electrons. The zero-order valence-corrected chi connectivity index (χ0v) is 13.5. The quantitative estimate of drug-likeness (QED) is 0.799. The van der Waals surface area contributed by atoms with Crippen molar-refractivity contribution in [1.29, 1.82) is 0 Å². The molecule has 0 N–H and O–H groups in total. The summed E-state index contributed by atoms with van der Waals surface area (Å²) < 4.78 is 14.4. The Morgan fingerprint density at radius 1 is 1.10 bits per heavy atom. The maximum Gasteiger partial charge on any atom is 0.498 e. The van der Waals surface area contributed by atoms with Crippen LogP contribution in [0.2, 0.25) is 0 Å². The van der Waals surface area contributed by atoms with Crippen LogP contribution in [0.3, 0.4) is 0 Å². The van der Waals surface area contributed by atoms with Crippen molar-refractivity contribution in [2.45, 2.75) is 70.6 Å². The van der Waals surface area contributed by atoms with Crippen LogP contribution < -0.4 is 5.46 Å². The number of nitrogens with zero attached hydrogens (tertiary/aromatic N) is 2. The zero-order chi connectivity index (χ0) is 14.8. The summed E-state index contributed by atoms with van der Waals surface area (Å²) in [6, 6.07) is 0.612. The number of hydrogen-bond donors (Lipinski definition) is 0. The van der Waals surface area contributed by atoms with E-state index in [0.29, 0.717) is 6.04 Å². The summed E-state index contributed by atoms with van der Waals surface area (Å²) in [5, 5.41) is 4.64. The normalized spacial score (nSPS) is 27.6. The van der Waals surface area contributed by atoms with Crippen molar-refractivity contribution < 1.29 is 9.31 Å². The highest BCUT2D eigenvalue weighted by molar-refractivity contribution is 6.62. The average molecular weight is 288 g/mol. The van der Waals surface area contributed by atoms with E-state index < -0.39 is 0 Å². The van der Waals surface area contributed by atoms with Crippen molar-refractivity contribution in [2.24, 2.45) is 11.8 Å². The van der Waals surface area contributed by atoms with Crippen LogP contribution in [-0.4, -0.2) is 28.1 Å². The molecule has 1 aromatic heterocycles. The molecule has 1 aliphatic heterocycles. The van der Waals surface area contributed by atoms with Crippen LogP contribution in [0.4, 0.5) is 0 Å². The van der Waals surface area contributed by atoms with E-state index in [1.165, 1.54) is 25.7 Å². The van der Waals surface area contributed by atoms with Gasteiger partial charge in [-0.1, -0.05) is 0 Å². The Morgan fingerprint density at radius 2 is 1.62 bits per heavy atom. The minimum atomic E-state index is -0.289. The van der Waals surface area contributed by atoms with Gasteiger partial charge in [0.05, 0.1) is 17.2 Å². The highest BCUT2D eigenvalue weighted by atomic mass is 16.7. The van der Waals surface area contributed by atoms with Crippen LogP contribution in [0.25, 0.3) is 0 Å². The fraction of sp³-hybridized carbons (Fsp3) is 0.812. The van der Waals surface area contributed by atoms with Gasteiger partial charge in [0.15, 0.2) is 0 Å². The molecule has 21 heavy (non-hydrogen) atoms. The summed E-state index contributed by atoms with van der Waals surface area (Å²) >= 11 is 0. The lowest BCUT2D eigenvalue weighted by Crippen LogP contribution is -2.41. The van der Waals surface area contributed by atoms with Gasteiger partial charge in [0.25, 0.3) is 0 Å². The summed E-state index contributed by atoms with van der Waals surface area (Å²) in [4.78, 5) is 0. The summed E-state index contributed by atoms with van der Waals surface area (Å²) in [6.07, 6.45) is 9.56. The second kappa shape index (κ2) is 4.36. The van der Waals surface area contributed by atoms with Crippen LogP contribution in [0.5, 0.6) is 0 Å².